The summed E-state index contributed by atoms with van der Waals surface area (Å²) >= 11 is 0. The fourth-order valence-corrected chi connectivity index (χ4v) is 10.0. The van der Waals surface area contributed by atoms with E-state index in [0.717, 1.165) is 12.8 Å². The van der Waals surface area contributed by atoms with Crippen molar-refractivity contribution in [2.45, 2.75) is 106 Å². The van der Waals surface area contributed by atoms with Crippen LogP contribution in [0.3, 0.4) is 0 Å². The van der Waals surface area contributed by atoms with Gasteiger partial charge in [-0.2, -0.15) is 0 Å². The van der Waals surface area contributed by atoms with Crippen LogP contribution in [-0.2, 0) is 12.8 Å². The molecule has 294 valence electrons. The minimum absolute atomic E-state index is 0.700. The predicted octanol–water partition coefficient (Wildman–Crippen LogP) is 17.4. The summed E-state index contributed by atoms with van der Waals surface area (Å²) in [5, 5.41) is 10.7. The van der Waals surface area contributed by atoms with Gasteiger partial charge in [0, 0.05) is 0 Å². The molecular weight excluding hydrogens is 697 g/mol. The second kappa shape index (κ2) is 17.7. The molecule has 0 bridgehead atoms. The minimum Gasteiger partial charge on any atom is -0.0654 e. The molecule has 0 saturated heterocycles. The Balaban J connectivity index is 1.39. The molecule has 0 spiro atoms. The lowest BCUT2D eigenvalue weighted by molar-refractivity contribution is 0.434. The first-order chi connectivity index (χ1) is 28.4. The van der Waals surface area contributed by atoms with Crippen molar-refractivity contribution < 1.29 is 0 Å². The van der Waals surface area contributed by atoms with E-state index >= 15 is 0 Å². The maximum Gasteiger partial charge on any atom is -0.00263 e. The van der Waals surface area contributed by atoms with Crippen molar-refractivity contribution in [2.75, 3.05) is 0 Å². The number of hydrogen-bond donors (Lipinski definition) is 0. The van der Waals surface area contributed by atoms with Crippen LogP contribution in [0.5, 0.6) is 0 Å². The van der Waals surface area contributed by atoms with E-state index in [4.69, 9.17) is 0 Å². The molecule has 8 aromatic carbocycles. The van der Waals surface area contributed by atoms with Crippen molar-refractivity contribution in [1.82, 2.24) is 0 Å². The Morgan fingerprint density at radius 3 is 1.07 bits per heavy atom. The summed E-state index contributed by atoms with van der Waals surface area (Å²) in [6, 6.07) is 51.3. The van der Waals surface area contributed by atoms with Crippen LogP contribution in [0, 0.1) is 25.7 Å². The molecule has 0 heterocycles. The fourth-order valence-electron chi connectivity index (χ4n) is 10.0. The molecule has 58 heavy (non-hydrogen) atoms. The number of hydrogen-bond acceptors (Lipinski definition) is 0. The third-order valence-electron chi connectivity index (χ3n) is 13.5. The van der Waals surface area contributed by atoms with Crippen molar-refractivity contribution in [3.63, 3.8) is 0 Å². The highest BCUT2D eigenvalue weighted by Gasteiger charge is 2.22. The quantitative estimate of drug-likeness (QED) is 0.0914. The van der Waals surface area contributed by atoms with E-state index in [0.29, 0.717) is 11.8 Å². The van der Waals surface area contributed by atoms with E-state index in [1.165, 1.54) is 139 Å². The predicted molar refractivity (Wildman–Crippen MR) is 256 cm³/mol. The van der Waals surface area contributed by atoms with Gasteiger partial charge < -0.3 is 0 Å². The summed E-state index contributed by atoms with van der Waals surface area (Å²) in [5.74, 6) is 1.40. The van der Waals surface area contributed by atoms with Crippen molar-refractivity contribution in [3.8, 4) is 33.4 Å². The summed E-state index contributed by atoms with van der Waals surface area (Å²) in [6.45, 7) is 14.0. The second-order valence-corrected chi connectivity index (χ2v) is 17.2. The summed E-state index contributed by atoms with van der Waals surface area (Å²) in [4.78, 5) is 0. The van der Waals surface area contributed by atoms with Gasteiger partial charge in [-0.15, -0.1) is 0 Å². The first kappa shape index (κ1) is 39.6. The second-order valence-electron chi connectivity index (χ2n) is 17.2. The molecule has 0 N–H and O–H groups in total. The first-order valence-corrected chi connectivity index (χ1v) is 22.5. The van der Waals surface area contributed by atoms with E-state index in [1.807, 2.05) is 0 Å². The molecule has 2 unspecified atom stereocenters. The van der Waals surface area contributed by atoms with Crippen molar-refractivity contribution in [3.05, 3.63) is 156 Å². The molecule has 0 amide bonds. The lowest BCUT2D eigenvalue weighted by Gasteiger charge is -2.24. The van der Waals surface area contributed by atoms with Crippen molar-refractivity contribution in [1.29, 1.82) is 0 Å². The number of unbranched alkanes of at least 4 members (excludes halogenated alkanes) is 2. The number of aryl methyl sites for hydroxylation is 2. The van der Waals surface area contributed by atoms with Crippen molar-refractivity contribution in [2.24, 2.45) is 11.8 Å². The third-order valence-corrected chi connectivity index (χ3v) is 13.5. The number of benzene rings is 8. The van der Waals surface area contributed by atoms with Gasteiger partial charge in [0.15, 0.2) is 0 Å². The highest BCUT2D eigenvalue weighted by atomic mass is 14.3. The Bertz CT molecular complexity index is 2620. The molecule has 0 aromatic heterocycles. The highest BCUT2D eigenvalue weighted by molar-refractivity contribution is 6.22. The van der Waals surface area contributed by atoms with Crippen LogP contribution in [0.2, 0.25) is 0 Å². The Kier molecular flexibility index (Phi) is 12.1. The zero-order chi connectivity index (χ0) is 40.2. The first-order valence-electron chi connectivity index (χ1n) is 22.5. The number of rotatable bonds is 15. The van der Waals surface area contributed by atoms with Gasteiger partial charge in [-0.05, 0) is 132 Å². The summed E-state index contributed by atoms with van der Waals surface area (Å²) < 4.78 is 0. The molecule has 0 fully saturated rings. The molecular formula is C58H62. The van der Waals surface area contributed by atoms with Gasteiger partial charge in [0.25, 0.3) is 0 Å². The largest absolute Gasteiger partial charge is 0.0654 e. The Morgan fingerprint density at radius 1 is 0.379 bits per heavy atom. The maximum absolute atomic E-state index is 2.67. The van der Waals surface area contributed by atoms with E-state index in [-0.39, 0.29) is 0 Å². The Labute approximate surface area is 348 Å². The zero-order valence-electron chi connectivity index (χ0n) is 35.9. The van der Waals surface area contributed by atoms with Gasteiger partial charge in [-0.25, -0.2) is 0 Å². The average Bonchev–Trinajstić information content (AvgIpc) is 3.26. The van der Waals surface area contributed by atoms with Gasteiger partial charge in [-0.3, -0.25) is 0 Å². The lowest BCUT2D eigenvalue weighted by atomic mass is 9.80. The molecule has 0 aliphatic heterocycles. The molecule has 2 atom stereocenters. The molecule has 0 saturated carbocycles. The van der Waals surface area contributed by atoms with Crippen molar-refractivity contribution >= 4 is 43.1 Å². The van der Waals surface area contributed by atoms with E-state index in [1.54, 1.807) is 11.1 Å². The Morgan fingerprint density at radius 2 is 0.707 bits per heavy atom. The van der Waals surface area contributed by atoms with E-state index < -0.39 is 0 Å². The monoisotopic (exact) mass is 758 g/mol. The molecule has 8 aromatic rings. The third kappa shape index (κ3) is 7.71. The summed E-state index contributed by atoms with van der Waals surface area (Å²) in [7, 11) is 0. The van der Waals surface area contributed by atoms with E-state index in [9.17, 15) is 0 Å². The van der Waals surface area contributed by atoms with Crippen LogP contribution in [0.1, 0.15) is 101 Å². The van der Waals surface area contributed by atoms with Crippen LogP contribution in [-0.4, -0.2) is 0 Å². The zero-order valence-corrected chi connectivity index (χ0v) is 35.9. The SMILES string of the molecule is CCCCC(CC)Cc1cc2c(-c3ccc(C)cc3)c3ccccc3c(-c3ccc(-c4c5ccccc5c(C)c5ccccc45)cc3)c2cc1CC(CC)CCCC. The van der Waals surface area contributed by atoms with Gasteiger partial charge in [-0.1, -0.05) is 218 Å². The summed E-state index contributed by atoms with van der Waals surface area (Å²) in [5.41, 5.74) is 13.7. The van der Waals surface area contributed by atoms with Crippen LogP contribution in [0.25, 0.3) is 76.5 Å². The molecule has 0 aliphatic rings. The molecule has 0 aliphatic carbocycles. The number of fused-ring (bicyclic) bond motifs is 4. The molecule has 8 rings (SSSR count). The van der Waals surface area contributed by atoms with Crippen LogP contribution in [0.4, 0.5) is 0 Å². The fraction of sp³-hybridized carbons (Fsp3) is 0.310. The van der Waals surface area contributed by atoms with E-state index in [2.05, 4.69) is 175 Å². The minimum atomic E-state index is 0.700. The van der Waals surface area contributed by atoms with Gasteiger partial charge in [0.2, 0.25) is 0 Å². The Hall–Kier alpha value is -5.20. The van der Waals surface area contributed by atoms with Crippen LogP contribution in [0.15, 0.2) is 133 Å². The lowest BCUT2D eigenvalue weighted by Crippen LogP contribution is -2.10. The molecule has 0 radical (unpaired) electrons. The summed E-state index contributed by atoms with van der Waals surface area (Å²) in [6.07, 6.45) is 12.5. The van der Waals surface area contributed by atoms with Gasteiger partial charge in [0.05, 0.1) is 0 Å². The molecule has 0 nitrogen and oxygen atoms in total. The topological polar surface area (TPSA) is 0 Å². The highest BCUT2D eigenvalue weighted by Crippen LogP contribution is 2.46. The standard InChI is InChI=1S/C58H62/c1-7-11-19-41(9-3)35-46-37-54-55(38-47(46)36-42(10-4)20-12-8-2)58(53-26-18-17-25-52(53)57(54)43-29-27-39(5)28-30-43)45-33-31-44(32-34-45)56-50-23-15-13-21-48(50)40(6)49-22-14-16-24-51(49)56/h13-18,21-34,37-38,41-42H,7-12,19-20,35-36H2,1-6H3. The van der Waals surface area contributed by atoms with Gasteiger partial charge >= 0.3 is 0 Å². The molecule has 0 heteroatoms. The van der Waals surface area contributed by atoms with Crippen LogP contribution < -0.4 is 0 Å². The average molecular weight is 759 g/mol. The smallest absolute Gasteiger partial charge is 0.00263 e. The van der Waals surface area contributed by atoms with Gasteiger partial charge in [0.1, 0.15) is 0 Å². The van der Waals surface area contributed by atoms with Crippen LogP contribution >= 0.6 is 0 Å². The normalized spacial score (nSPS) is 12.9. The maximum atomic E-state index is 2.67.